The van der Waals surface area contributed by atoms with E-state index in [0.717, 1.165) is 63.2 Å². The number of aromatic nitrogens is 2. The molecule has 2 saturated heterocycles. The molecule has 2 aliphatic heterocycles. The lowest BCUT2D eigenvalue weighted by Crippen LogP contribution is -2.42. The highest BCUT2D eigenvalue weighted by molar-refractivity contribution is 5.79. The lowest BCUT2D eigenvalue weighted by Gasteiger charge is -2.33. The summed E-state index contributed by atoms with van der Waals surface area (Å²) in [4.78, 5) is 21.8. The summed E-state index contributed by atoms with van der Waals surface area (Å²) in [5, 5.41) is 4.12. The normalized spacial score (nSPS) is 19.1. The predicted octanol–water partition coefficient (Wildman–Crippen LogP) is 3.36. The number of ether oxygens (including phenoxy) is 1. The molecule has 7 heteroatoms. The van der Waals surface area contributed by atoms with Gasteiger partial charge in [-0.2, -0.15) is 4.98 Å². The molecule has 2 fully saturated rings. The number of piperidine rings is 1. The van der Waals surface area contributed by atoms with Gasteiger partial charge in [0.05, 0.1) is 19.2 Å². The molecule has 0 bridgehead atoms. The molecular formula is C22H30N4O3. The van der Waals surface area contributed by atoms with Crippen molar-refractivity contribution in [1.82, 2.24) is 19.9 Å². The number of rotatable bonds is 5. The predicted molar refractivity (Wildman–Crippen MR) is 109 cm³/mol. The van der Waals surface area contributed by atoms with E-state index in [1.807, 2.05) is 24.3 Å². The van der Waals surface area contributed by atoms with Crippen LogP contribution in [0.15, 0.2) is 28.8 Å². The van der Waals surface area contributed by atoms with Crippen LogP contribution in [0.1, 0.15) is 44.4 Å². The van der Waals surface area contributed by atoms with Crippen molar-refractivity contribution >= 4 is 5.91 Å². The molecule has 4 rings (SSSR count). The molecule has 156 valence electrons. The Hall–Kier alpha value is -2.41. The van der Waals surface area contributed by atoms with Crippen molar-refractivity contribution in [3.8, 4) is 17.1 Å². The number of hydrogen-bond acceptors (Lipinski definition) is 6. The Bertz CT molecular complexity index is 806. The minimum atomic E-state index is 0.163. The molecule has 29 heavy (non-hydrogen) atoms. The molecule has 0 spiro atoms. The highest BCUT2D eigenvalue weighted by Gasteiger charge is 2.29. The molecule has 7 nitrogen and oxygen atoms in total. The third-order valence-electron chi connectivity index (χ3n) is 6.03. The molecule has 0 atom stereocenters. The van der Waals surface area contributed by atoms with Gasteiger partial charge >= 0.3 is 0 Å². The summed E-state index contributed by atoms with van der Waals surface area (Å²) < 4.78 is 10.9. The Balaban J connectivity index is 1.31. The van der Waals surface area contributed by atoms with Crippen LogP contribution in [0.4, 0.5) is 0 Å². The molecule has 0 N–H and O–H groups in total. The topological polar surface area (TPSA) is 71.7 Å². The zero-order valence-electron chi connectivity index (χ0n) is 17.2. The maximum atomic E-state index is 12.8. The number of hydrogen-bond donors (Lipinski definition) is 0. The molecule has 0 radical (unpaired) electrons. The van der Waals surface area contributed by atoms with Crippen LogP contribution in [0.25, 0.3) is 11.4 Å². The molecule has 1 aromatic carbocycles. The Kier molecular flexibility index (Phi) is 6.44. The minimum absolute atomic E-state index is 0.163. The Morgan fingerprint density at radius 2 is 1.83 bits per heavy atom. The van der Waals surface area contributed by atoms with Gasteiger partial charge in [-0.25, -0.2) is 0 Å². The first-order valence-corrected chi connectivity index (χ1v) is 10.7. The van der Waals surface area contributed by atoms with Crippen LogP contribution in [-0.2, 0) is 11.3 Å². The summed E-state index contributed by atoms with van der Waals surface area (Å²) in [6, 6.07) is 7.66. The summed E-state index contributed by atoms with van der Waals surface area (Å²) in [5.74, 6) is 2.40. The van der Waals surface area contributed by atoms with Gasteiger partial charge in [-0.05, 0) is 50.9 Å². The molecule has 0 unspecified atom stereocenters. The standard InChI is InChI=1S/C22H30N4O3/c1-28-19-9-5-4-8-18(19)21-23-20(29-24-21)16-25-14-10-17(11-15-25)22(27)26-12-6-2-3-7-13-26/h4-5,8-9,17H,2-3,6-7,10-16H2,1H3. The lowest BCUT2D eigenvalue weighted by molar-refractivity contribution is -0.137. The number of nitrogens with zero attached hydrogens (tertiary/aromatic N) is 4. The molecule has 1 aromatic heterocycles. The molecule has 3 heterocycles. The third kappa shape index (κ3) is 4.78. The van der Waals surface area contributed by atoms with Crippen LogP contribution in [0.3, 0.4) is 0 Å². The van der Waals surface area contributed by atoms with E-state index in [1.165, 1.54) is 12.8 Å². The molecule has 2 aromatic rings. The number of likely N-dealkylation sites (tertiary alicyclic amines) is 2. The maximum Gasteiger partial charge on any atom is 0.241 e. The van der Waals surface area contributed by atoms with Gasteiger partial charge in [0.2, 0.25) is 17.6 Å². The largest absolute Gasteiger partial charge is 0.496 e. The average molecular weight is 399 g/mol. The van der Waals surface area contributed by atoms with Gasteiger partial charge < -0.3 is 14.2 Å². The van der Waals surface area contributed by atoms with E-state index in [0.29, 0.717) is 24.2 Å². The first-order chi connectivity index (χ1) is 14.2. The molecular weight excluding hydrogens is 368 g/mol. The van der Waals surface area contributed by atoms with E-state index in [1.54, 1.807) is 7.11 Å². The summed E-state index contributed by atoms with van der Waals surface area (Å²) in [6.07, 6.45) is 6.62. The lowest BCUT2D eigenvalue weighted by atomic mass is 9.95. The molecule has 0 aliphatic carbocycles. The highest BCUT2D eigenvalue weighted by Crippen LogP contribution is 2.28. The second-order valence-corrected chi connectivity index (χ2v) is 8.00. The number of amides is 1. The van der Waals surface area contributed by atoms with Crippen molar-refractivity contribution < 1.29 is 14.1 Å². The number of carbonyl (C=O) groups excluding carboxylic acids is 1. The number of benzene rings is 1. The van der Waals surface area contributed by atoms with Crippen molar-refractivity contribution in [2.24, 2.45) is 5.92 Å². The Morgan fingerprint density at radius 1 is 1.10 bits per heavy atom. The van der Waals surface area contributed by atoms with Crippen molar-refractivity contribution in [3.05, 3.63) is 30.2 Å². The van der Waals surface area contributed by atoms with Crippen molar-refractivity contribution in [2.45, 2.75) is 45.1 Å². The fourth-order valence-electron chi connectivity index (χ4n) is 4.34. The minimum Gasteiger partial charge on any atom is -0.496 e. The maximum absolute atomic E-state index is 12.8. The number of methoxy groups -OCH3 is 1. The molecule has 1 amide bonds. The fourth-order valence-corrected chi connectivity index (χ4v) is 4.34. The van der Waals surface area contributed by atoms with E-state index in [4.69, 9.17) is 9.26 Å². The summed E-state index contributed by atoms with van der Waals surface area (Å²) >= 11 is 0. The van der Waals surface area contributed by atoms with E-state index < -0.39 is 0 Å². The van der Waals surface area contributed by atoms with E-state index >= 15 is 0 Å². The Morgan fingerprint density at radius 3 is 2.55 bits per heavy atom. The Labute approximate surface area is 172 Å². The smallest absolute Gasteiger partial charge is 0.241 e. The summed E-state index contributed by atoms with van der Waals surface area (Å²) in [5.41, 5.74) is 0.826. The van der Waals surface area contributed by atoms with Crippen LogP contribution in [0.5, 0.6) is 5.75 Å². The van der Waals surface area contributed by atoms with Crippen LogP contribution >= 0.6 is 0 Å². The van der Waals surface area contributed by atoms with Gasteiger partial charge in [0.25, 0.3) is 0 Å². The number of para-hydroxylation sites is 1. The quantitative estimate of drug-likeness (QED) is 0.769. The second-order valence-electron chi connectivity index (χ2n) is 8.00. The van der Waals surface area contributed by atoms with E-state index in [9.17, 15) is 4.79 Å². The van der Waals surface area contributed by atoms with E-state index in [-0.39, 0.29) is 5.92 Å². The first-order valence-electron chi connectivity index (χ1n) is 10.7. The average Bonchev–Trinajstić information content (AvgIpc) is 3.05. The van der Waals surface area contributed by atoms with Crippen LogP contribution in [0.2, 0.25) is 0 Å². The van der Waals surface area contributed by atoms with Gasteiger partial charge in [0, 0.05) is 19.0 Å². The van der Waals surface area contributed by atoms with Crippen LogP contribution in [0, 0.1) is 5.92 Å². The van der Waals surface area contributed by atoms with Crippen molar-refractivity contribution in [1.29, 1.82) is 0 Å². The van der Waals surface area contributed by atoms with Crippen LogP contribution < -0.4 is 4.74 Å². The fraction of sp³-hybridized carbons (Fsp3) is 0.591. The van der Waals surface area contributed by atoms with Crippen molar-refractivity contribution in [3.63, 3.8) is 0 Å². The summed E-state index contributed by atoms with van der Waals surface area (Å²) in [6.45, 7) is 4.26. The zero-order chi connectivity index (χ0) is 20.1. The highest BCUT2D eigenvalue weighted by atomic mass is 16.5. The zero-order valence-corrected chi connectivity index (χ0v) is 17.2. The third-order valence-corrected chi connectivity index (χ3v) is 6.03. The SMILES string of the molecule is COc1ccccc1-c1noc(CN2CCC(C(=O)N3CCCCCC3)CC2)n1. The molecule has 2 aliphatic rings. The monoisotopic (exact) mass is 398 g/mol. The number of carbonyl (C=O) groups is 1. The second kappa shape index (κ2) is 9.39. The van der Waals surface area contributed by atoms with Gasteiger partial charge in [-0.1, -0.05) is 30.1 Å². The molecule has 0 saturated carbocycles. The van der Waals surface area contributed by atoms with Gasteiger partial charge in [0.1, 0.15) is 5.75 Å². The first kappa shape index (κ1) is 19.9. The van der Waals surface area contributed by atoms with E-state index in [2.05, 4.69) is 19.9 Å². The van der Waals surface area contributed by atoms with Gasteiger partial charge in [0.15, 0.2) is 0 Å². The van der Waals surface area contributed by atoms with Crippen LogP contribution in [-0.4, -0.2) is 59.1 Å². The van der Waals surface area contributed by atoms with Gasteiger partial charge in [-0.15, -0.1) is 0 Å². The summed E-state index contributed by atoms with van der Waals surface area (Å²) in [7, 11) is 1.64. The van der Waals surface area contributed by atoms with Gasteiger partial charge in [-0.3, -0.25) is 9.69 Å². The van der Waals surface area contributed by atoms with Crippen molar-refractivity contribution in [2.75, 3.05) is 33.3 Å².